The van der Waals surface area contributed by atoms with Gasteiger partial charge in [-0.05, 0) is 46.3 Å². The van der Waals surface area contributed by atoms with Gasteiger partial charge in [0.15, 0.2) is 9.84 Å². The van der Waals surface area contributed by atoms with E-state index in [2.05, 4.69) is 4.90 Å². The summed E-state index contributed by atoms with van der Waals surface area (Å²) in [5.41, 5.74) is 0. The van der Waals surface area contributed by atoms with Crippen molar-refractivity contribution in [2.24, 2.45) is 0 Å². The number of nitrogens with zero attached hydrogens (tertiary/aromatic N) is 3. The number of hydrogen-bond acceptors (Lipinski definition) is 5. The Balaban J connectivity index is 2.01. The first-order chi connectivity index (χ1) is 10.7. The fourth-order valence-electron chi connectivity index (χ4n) is 3.41. The van der Waals surface area contributed by atoms with Crippen LogP contribution in [0.1, 0.15) is 26.2 Å². The minimum Gasteiger partial charge on any atom is -0.334 e. The Morgan fingerprint density at radius 1 is 1.09 bits per heavy atom. The van der Waals surface area contributed by atoms with E-state index >= 15 is 0 Å². The highest BCUT2D eigenvalue weighted by molar-refractivity contribution is 7.91. The normalized spacial score (nSPS) is 25.3. The standard InChI is InChI=1S/C15H27N3O4S/c1-4-18(13-7-10-23(21,22)11-13)15(20)14(19)17(3)12-5-8-16(2)9-6-12/h12-13H,4-11H2,1-3H3. The topological polar surface area (TPSA) is 78.0 Å². The van der Waals surface area contributed by atoms with E-state index in [-0.39, 0.29) is 23.6 Å². The van der Waals surface area contributed by atoms with Crippen molar-refractivity contribution in [1.29, 1.82) is 0 Å². The summed E-state index contributed by atoms with van der Waals surface area (Å²) in [6.07, 6.45) is 2.14. The summed E-state index contributed by atoms with van der Waals surface area (Å²) in [4.78, 5) is 30.2. The summed E-state index contributed by atoms with van der Waals surface area (Å²) >= 11 is 0. The van der Waals surface area contributed by atoms with E-state index in [9.17, 15) is 18.0 Å². The van der Waals surface area contributed by atoms with Gasteiger partial charge in [0.05, 0.1) is 11.5 Å². The van der Waals surface area contributed by atoms with E-state index in [1.807, 2.05) is 7.05 Å². The molecule has 0 N–H and O–H groups in total. The highest BCUT2D eigenvalue weighted by Gasteiger charge is 2.38. The fourth-order valence-corrected chi connectivity index (χ4v) is 5.14. The van der Waals surface area contributed by atoms with Crippen LogP contribution in [0.2, 0.25) is 0 Å². The molecule has 2 amide bonds. The van der Waals surface area contributed by atoms with Crippen molar-refractivity contribution in [3.05, 3.63) is 0 Å². The molecule has 0 aromatic carbocycles. The van der Waals surface area contributed by atoms with E-state index in [1.54, 1.807) is 18.9 Å². The summed E-state index contributed by atoms with van der Waals surface area (Å²) < 4.78 is 23.3. The summed E-state index contributed by atoms with van der Waals surface area (Å²) in [5.74, 6) is -1.03. The van der Waals surface area contributed by atoms with Crippen molar-refractivity contribution < 1.29 is 18.0 Å². The van der Waals surface area contributed by atoms with E-state index < -0.39 is 21.7 Å². The van der Waals surface area contributed by atoms with Gasteiger partial charge >= 0.3 is 11.8 Å². The van der Waals surface area contributed by atoms with E-state index in [4.69, 9.17) is 0 Å². The smallest absolute Gasteiger partial charge is 0.312 e. The maximum Gasteiger partial charge on any atom is 0.312 e. The van der Waals surface area contributed by atoms with Gasteiger partial charge in [-0.3, -0.25) is 9.59 Å². The molecule has 2 saturated heterocycles. The van der Waals surface area contributed by atoms with Crippen molar-refractivity contribution in [3.8, 4) is 0 Å². The molecule has 2 fully saturated rings. The molecule has 132 valence electrons. The van der Waals surface area contributed by atoms with Crippen LogP contribution in [0.3, 0.4) is 0 Å². The lowest BCUT2D eigenvalue weighted by Gasteiger charge is -2.36. The molecule has 0 aromatic rings. The van der Waals surface area contributed by atoms with Crippen molar-refractivity contribution in [2.45, 2.75) is 38.3 Å². The molecule has 7 nitrogen and oxygen atoms in total. The second-order valence-electron chi connectivity index (χ2n) is 6.60. The third-order valence-corrected chi connectivity index (χ3v) is 6.74. The molecular formula is C15H27N3O4S. The molecule has 0 aromatic heterocycles. The van der Waals surface area contributed by atoms with Crippen LogP contribution in [-0.2, 0) is 19.4 Å². The number of rotatable bonds is 3. The Labute approximate surface area is 138 Å². The lowest BCUT2D eigenvalue weighted by atomic mass is 10.0. The van der Waals surface area contributed by atoms with Crippen LogP contribution in [-0.4, -0.2) is 92.3 Å². The Bertz CT molecular complexity index is 555. The average molecular weight is 345 g/mol. The maximum absolute atomic E-state index is 12.6. The maximum atomic E-state index is 12.6. The van der Waals surface area contributed by atoms with Crippen molar-refractivity contribution >= 4 is 21.7 Å². The van der Waals surface area contributed by atoms with Gasteiger partial charge in [0.1, 0.15) is 0 Å². The van der Waals surface area contributed by atoms with Gasteiger partial charge in [0.2, 0.25) is 0 Å². The van der Waals surface area contributed by atoms with Crippen LogP contribution < -0.4 is 0 Å². The van der Waals surface area contributed by atoms with E-state index in [0.717, 1.165) is 25.9 Å². The highest BCUT2D eigenvalue weighted by Crippen LogP contribution is 2.19. The minimum atomic E-state index is -3.08. The number of likely N-dealkylation sites (N-methyl/N-ethyl adjacent to an activating group) is 2. The summed E-state index contributed by atoms with van der Waals surface area (Å²) in [6.45, 7) is 3.96. The largest absolute Gasteiger partial charge is 0.334 e. The zero-order valence-corrected chi connectivity index (χ0v) is 15.0. The molecule has 0 bridgehead atoms. The zero-order valence-electron chi connectivity index (χ0n) is 14.2. The predicted octanol–water partition coefficient (Wildman–Crippen LogP) is -0.425. The molecular weight excluding hydrogens is 318 g/mol. The summed E-state index contributed by atoms with van der Waals surface area (Å²) in [6, 6.07) is -0.291. The van der Waals surface area contributed by atoms with Gasteiger partial charge in [-0.25, -0.2) is 8.42 Å². The Hall–Kier alpha value is -1.15. The molecule has 0 saturated carbocycles. The molecule has 1 atom stereocenters. The molecule has 23 heavy (non-hydrogen) atoms. The number of amides is 2. The van der Waals surface area contributed by atoms with Gasteiger partial charge in [-0.1, -0.05) is 0 Å². The third kappa shape index (κ3) is 4.23. The number of piperidine rings is 1. The molecule has 2 heterocycles. The minimum absolute atomic E-state index is 0.0300. The van der Waals surface area contributed by atoms with E-state index in [0.29, 0.717) is 13.0 Å². The fraction of sp³-hybridized carbons (Fsp3) is 0.867. The van der Waals surface area contributed by atoms with Crippen LogP contribution in [0.25, 0.3) is 0 Å². The monoisotopic (exact) mass is 345 g/mol. The SMILES string of the molecule is CCN(C(=O)C(=O)N(C)C1CCN(C)CC1)C1CCS(=O)(=O)C1. The number of carbonyl (C=O) groups excluding carboxylic acids is 2. The lowest BCUT2D eigenvalue weighted by molar-refractivity contribution is -0.153. The Morgan fingerprint density at radius 2 is 1.70 bits per heavy atom. The van der Waals surface area contributed by atoms with Gasteiger partial charge in [0, 0.05) is 25.7 Å². The van der Waals surface area contributed by atoms with Crippen LogP contribution in [0, 0.1) is 0 Å². The van der Waals surface area contributed by atoms with Crippen LogP contribution in [0.15, 0.2) is 0 Å². The van der Waals surface area contributed by atoms with Gasteiger partial charge in [-0.15, -0.1) is 0 Å². The number of likely N-dealkylation sites (tertiary alicyclic amines) is 1. The molecule has 2 rings (SSSR count). The molecule has 0 aliphatic carbocycles. The first-order valence-electron chi connectivity index (χ1n) is 8.22. The molecule has 0 radical (unpaired) electrons. The summed E-state index contributed by atoms with van der Waals surface area (Å²) in [5, 5.41) is 0. The molecule has 0 spiro atoms. The number of sulfone groups is 1. The molecule has 1 unspecified atom stereocenters. The zero-order chi connectivity index (χ0) is 17.2. The molecule has 8 heteroatoms. The Morgan fingerprint density at radius 3 is 2.17 bits per heavy atom. The van der Waals surface area contributed by atoms with E-state index in [1.165, 1.54) is 4.90 Å². The quantitative estimate of drug-likeness (QED) is 0.649. The predicted molar refractivity (Wildman–Crippen MR) is 87.7 cm³/mol. The first kappa shape index (κ1) is 18.2. The summed E-state index contributed by atoms with van der Waals surface area (Å²) in [7, 11) is 0.639. The van der Waals surface area contributed by atoms with Gasteiger partial charge in [0.25, 0.3) is 0 Å². The van der Waals surface area contributed by atoms with Crippen LogP contribution >= 0.6 is 0 Å². The lowest BCUT2D eigenvalue weighted by Crippen LogP contribution is -2.52. The first-order valence-corrected chi connectivity index (χ1v) is 10.0. The van der Waals surface area contributed by atoms with Gasteiger partial charge < -0.3 is 14.7 Å². The third-order valence-electron chi connectivity index (χ3n) is 4.99. The van der Waals surface area contributed by atoms with Crippen molar-refractivity contribution in [3.63, 3.8) is 0 Å². The highest BCUT2D eigenvalue weighted by atomic mass is 32.2. The van der Waals surface area contributed by atoms with Gasteiger partial charge in [-0.2, -0.15) is 0 Å². The van der Waals surface area contributed by atoms with Crippen molar-refractivity contribution in [1.82, 2.24) is 14.7 Å². The average Bonchev–Trinajstić information content (AvgIpc) is 2.87. The molecule has 2 aliphatic rings. The number of carbonyl (C=O) groups is 2. The number of hydrogen-bond donors (Lipinski definition) is 0. The second-order valence-corrected chi connectivity index (χ2v) is 8.83. The van der Waals surface area contributed by atoms with Crippen LogP contribution in [0.5, 0.6) is 0 Å². The molecule has 2 aliphatic heterocycles. The van der Waals surface area contributed by atoms with Crippen molar-refractivity contribution in [2.75, 3.05) is 45.2 Å². The van der Waals surface area contributed by atoms with Crippen LogP contribution in [0.4, 0.5) is 0 Å². The Kier molecular flexibility index (Phi) is 5.67. The second kappa shape index (κ2) is 7.17.